The highest BCUT2D eigenvalue weighted by atomic mass is 32.1. The molecule has 3 N–H and O–H groups in total. The highest BCUT2D eigenvalue weighted by molar-refractivity contribution is 7.80. The molecule has 2 amide bonds. The number of hydrogen-bond acceptors (Lipinski definition) is 5. The van der Waals surface area contributed by atoms with Crippen LogP contribution in [0.2, 0.25) is 0 Å². The largest absolute Gasteiger partial charge is 0.491 e. The van der Waals surface area contributed by atoms with Gasteiger partial charge in [0.15, 0.2) is 5.11 Å². The Morgan fingerprint density at radius 3 is 2.40 bits per heavy atom. The molecule has 0 spiro atoms. The summed E-state index contributed by atoms with van der Waals surface area (Å²) in [4.78, 5) is 24.2. The third-order valence-corrected chi connectivity index (χ3v) is 4.41. The van der Waals surface area contributed by atoms with E-state index in [0.29, 0.717) is 48.9 Å². The van der Waals surface area contributed by atoms with Crippen LogP contribution in [0, 0.1) is 6.92 Å². The molecule has 0 aromatic heterocycles. The van der Waals surface area contributed by atoms with Gasteiger partial charge in [-0.3, -0.25) is 14.9 Å². The molecule has 0 aliphatic carbocycles. The van der Waals surface area contributed by atoms with Gasteiger partial charge in [-0.1, -0.05) is 19.1 Å². The number of thiocarbonyl (C=S) groups is 1. The summed E-state index contributed by atoms with van der Waals surface area (Å²) in [6, 6.07) is 12.3. The van der Waals surface area contributed by atoms with Crippen LogP contribution in [0.15, 0.2) is 42.5 Å². The molecule has 2 rings (SSSR count). The van der Waals surface area contributed by atoms with Crippen molar-refractivity contribution in [2.45, 2.75) is 27.2 Å². The first-order valence-corrected chi connectivity index (χ1v) is 10.2. The van der Waals surface area contributed by atoms with Crippen LogP contribution < -0.4 is 20.7 Å². The zero-order valence-electron chi connectivity index (χ0n) is 17.4. The average Bonchev–Trinajstić information content (AvgIpc) is 2.74. The molecule has 8 heteroatoms. The summed E-state index contributed by atoms with van der Waals surface area (Å²) in [5, 5.41) is 8.66. The molecule has 7 nitrogen and oxygen atoms in total. The van der Waals surface area contributed by atoms with Gasteiger partial charge in [0.05, 0.1) is 6.61 Å². The minimum Gasteiger partial charge on any atom is -0.491 e. The van der Waals surface area contributed by atoms with Crippen molar-refractivity contribution in [1.82, 2.24) is 5.32 Å². The highest BCUT2D eigenvalue weighted by Crippen LogP contribution is 2.23. The molecule has 0 bridgehead atoms. The predicted molar refractivity (Wildman–Crippen MR) is 122 cm³/mol. The molecule has 0 aliphatic rings. The quantitative estimate of drug-likeness (QED) is 0.414. The Balaban J connectivity index is 1.97. The van der Waals surface area contributed by atoms with Gasteiger partial charge in [-0.2, -0.15) is 0 Å². The van der Waals surface area contributed by atoms with E-state index in [4.69, 9.17) is 21.7 Å². The van der Waals surface area contributed by atoms with Crippen molar-refractivity contribution >= 4 is 40.5 Å². The first-order chi connectivity index (χ1) is 14.4. The van der Waals surface area contributed by atoms with Gasteiger partial charge < -0.3 is 20.1 Å². The molecule has 2 aromatic carbocycles. The lowest BCUT2D eigenvalue weighted by Crippen LogP contribution is -2.34. The Morgan fingerprint density at radius 1 is 1.00 bits per heavy atom. The van der Waals surface area contributed by atoms with E-state index in [1.54, 1.807) is 37.3 Å². The van der Waals surface area contributed by atoms with Crippen molar-refractivity contribution in [3.05, 3.63) is 53.6 Å². The van der Waals surface area contributed by atoms with Crippen LogP contribution in [0.4, 0.5) is 11.4 Å². The summed E-state index contributed by atoms with van der Waals surface area (Å²) in [5.41, 5.74) is 2.63. The van der Waals surface area contributed by atoms with Crippen LogP contribution >= 0.6 is 12.2 Å². The fraction of sp³-hybridized carbons (Fsp3) is 0.318. The minimum atomic E-state index is -0.351. The molecule has 0 atom stereocenters. The third-order valence-electron chi connectivity index (χ3n) is 4.20. The fourth-order valence-electron chi connectivity index (χ4n) is 2.56. The van der Waals surface area contributed by atoms with E-state index in [0.717, 1.165) is 5.56 Å². The maximum absolute atomic E-state index is 12.5. The second kappa shape index (κ2) is 11.9. The summed E-state index contributed by atoms with van der Waals surface area (Å²) in [5.74, 6) is 0.154. The minimum absolute atomic E-state index is 0.0745. The van der Waals surface area contributed by atoms with Crippen LogP contribution in [-0.2, 0) is 9.53 Å². The maximum atomic E-state index is 12.5. The normalized spacial score (nSPS) is 10.2. The van der Waals surface area contributed by atoms with E-state index in [-0.39, 0.29) is 16.9 Å². The van der Waals surface area contributed by atoms with Gasteiger partial charge >= 0.3 is 0 Å². The predicted octanol–water partition coefficient (Wildman–Crippen LogP) is 3.89. The Kier molecular flexibility index (Phi) is 9.24. The Morgan fingerprint density at radius 2 is 1.70 bits per heavy atom. The number of ether oxygens (including phenoxy) is 2. The number of nitrogens with one attached hydrogen (secondary N) is 3. The molecule has 0 fully saturated rings. The van der Waals surface area contributed by atoms with E-state index in [2.05, 4.69) is 16.0 Å². The van der Waals surface area contributed by atoms with Gasteiger partial charge in [0.1, 0.15) is 12.4 Å². The molecule has 0 heterocycles. The van der Waals surface area contributed by atoms with Crippen LogP contribution in [0.1, 0.15) is 36.2 Å². The number of hydrogen-bond donors (Lipinski definition) is 3. The molecule has 0 radical (unpaired) electrons. The van der Waals surface area contributed by atoms with Crippen LogP contribution in [-0.4, -0.2) is 36.7 Å². The first-order valence-electron chi connectivity index (χ1n) is 9.77. The van der Waals surface area contributed by atoms with E-state index in [9.17, 15) is 9.59 Å². The molecule has 0 unspecified atom stereocenters. The number of carbonyl (C=O) groups is 2. The zero-order chi connectivity index (χ0) is 21.9. The van der Waals surface area contributed by atoms with Gasteiger partial charge in [0, 0.05) is 30.0 Å². The summed E-state index contributed by atoms with van der Waals surface area (Å²) >= 11 is 5.28. The Bertz CT molecular complexity index is 902. The molecular weight excluding hydrogens is 402 g/mol. The topological polar surface area (TPSA) is 88.7 Å². The lowest BCUT2D eigenvalue weighted by Gasteiger charge is -2.15. The SMILES string of the molecule is CCOCCOc1cccc(C(=O)NC(=S)Nc2cccc(NC(=O)CC)c2C)c1. The molecular formula is C22H27N3O4S. The second-order valence-electron chi connectivity index (χ2n) is 6.36. The average molecular weight is 430 g/mol. The van der Waals surface area contributed by atoms with Gasteiger partial charge in [-0.25, -0.2) is 0 Å². The summed E-state index contributed by atoms with van der Waals surface area (Å²) in [6.07, 6.45) is 0.389. The smallest absolute Gasteiger partial charge is 0.257 e. The van der Waals surface area contributed by atoms with Crippen LogP contribution in [0.25, 0.3) is 0 Å². The number of benzene rings is 2. The van der Waals surface area contributed by atoms with E-state index >= 15 is 0 Å². The van der Waals surface area contributed by atoms with Gasteiger partial charge in [-0.05, 0) is 62.0 Å². The Hall–Kier alpha value is -2.97. The van der Waals surface area contributed by atoms with Crippen molar-refractivity contribution in [2.24, 2.45) is 0 Å². The standard InChI is InChI=1S/C22H27N3O4S/c1-4-20(26)23-18-10-7-11-19(15(18)3)24-22(30)25-21(27)16-8-6-9-17(14-16)29-13-12-28-5-2/h6-11,14H,4-5,12-13H2,1-3H3,(H,23,26)(H2,24,25,27,30). The lowest BCUT2D eigenvalue weighted by atomic mass is 10.1. The fourth-order valence-corrected chi connectivity index (χ4v) is 2.77. The number of carbonyl (C=O) groups excluding carboxylic acids is 2. The highest BCUT2D eigenvalue weighted by Gasteiger charge is 2.11. The molecule has 0 saturated heterocycles. The Labute approximate surface area is 182 Å². The van der Waals surface area contributed by atoms with Crippen LogP contribution in [0.3, 0.4) is 0 Å². The first kappa shape index (κ1) is 23.3. The van der Waals surface area contributed by atoms with E-state index in [1.165, 1.54) is 0 Å². The van der Waals surface area contributed by atoms with Crippen LogP contribution in [0.5, 0.6) is 5.75 Å². The van der Waals surface area contributed by atoms with Crippen molar-refractivity contribution in [2.75, 3.05) is 30.5 Å². The van der Waals surface area contributed by atoms with Crippen molar-refractivity contribution < 1.29 is 19.1 Å². The van der Waals surface area contributed by atoms with Gasteiger partial charge in [0.2, 0.25) is 5.91 Å². The summed E-state index contributed by atoms with van der Waals surface area (Å²) < 4.78 is 10.8. The number of amides is 2. The van der Waals surface area contributed by atoms with E-state index < -0.39 is 0 Å². The maximum Gasteiger partial charge on any atom is 0.257 e. The third kappa shape index (κ3) is 7.13. The van der Waals surface area contributed by atoms with E-state index in [1.807, 2.05) is 26.0 Å². The molecule has 2 aromatic rings. The lowest BCUT2D eigenvalue weighted by molar-refractivity contribution is -0.115. The van der Waals surface area contributed by atoms with Gasteiger partial charge in [-0.15, -0.1) is 0 Å². The van der Waals surface area contributed by atoms with Crippen molar-refractivity contribution in [1.29, 1.82) is 0 Å². The monoisotopic (exact) mass is 429 g/mol. The van der Waals surface area contributed by atoms with Crippen molar-refractivity contribution in [3.8, 4) is 5.75 Å². The molecule has 0 saturated carbocycles. The molecule has 0 aliphatic heterocycles. The zero-order valence-corrected chi connectivity index (χ0v) is 18.2. The molecule has 160 valence electrons. The summed E-state index contributed by atoms with van der Waals surface area (Å²) in [7, 11) is 0. The summed E-state index contributed by atoms with van der Waals surface area (Å²) in [6.45, 7) is 7.09. The van der Waals surface area contributed by atoms with Gasteiger partial charge in [0.25, 0.3) is 5.91 Å². The second-order valence-corrected chi connectivity index (χ2v) is 6.77. The number of anilines is 2. The van der Waals surface area contributed by atoms with Crippen molar-refractivity contribution in [3.63, 3.8) is 0 Å². The number of rotatable bonds is 9. The molecule has 30 heavy (non-hydrogen) atoms.